The first-order valence-electron chi connectivity index (χ1n) is 8.57. The quantitative estimate of drug-likeness (QED) is 0.645. The molecule has 0 aromatic heterocycles. The Bertz CT molecular complexity index is 530. The molecular formula is C19H27NO3. The second-order valence-electron chi connectivity index (χ2n) is 6.41. The minimum atomic E-state index is -0.306. The third-order valence-corrected chi connectivity index (χ3v) is 4.89. The number of rotatable bonds is 6. The van der Waals surface area contributed by atoms with Crippen LogP contribution in [0.15, 0.2) is 24.3 Å². The summed E-state index contributed by atoms with van der Waals surface area (Å²) in [6.45, 7) is 4.72. The fourth-order valence-corrected chi connectivity index (χ4v) is 3.24. The molecule has 1 atom stereocenters. The summed E-state index contributed by atoms with van der Waals surface area (Å²) < 4.78 is 5.04. The third kappa shape index (κ3) is 4.41. The van der Waals surface area contributed by atoms with E-state index < -0.39 is 0 Å². The molecule has 1 aromatic carbocycles. The van der Waals surface area contributed by atoms with Gasteiger partial charge in [0.05, 0.1) is 12.5 Å². The van der Waals surface area contributed by atoms with E-state index in [1.807, 2.05) is 31.2 Å². The molecule has 0 saturated heterocycles. The van der Waals surface area contributed by atoms with Crippen LogP contribution in [0, 0.1) is 11.8 Å². The van der Waals surface area contributed by atoms with Gasteiger partial charge >= 0.3 is 5.97 Å². The van der Waals surface area contributed by atoms with Crippen LogP contribution in [0.3, 0.4) is 0 Å². The average molecular weight is 317 g/mol. The topological polar surface area (TPSA) is 69.4 Å². The van der Waals surface area contributed by atoms with E-state index >= 15 is 0 Å². The van der Waals surface area contributed by atoms with Crippen molar-refractivity contribution in [1.29, 1.82) is 0 Å². The second-order valence-corrected chi connectivity index (χ2v) is 6.41. The van der Waals surface area contributed by atoms with Crippen LogP contribution in [0.2, 0.25) is 0 Å². The molecular weight excluding hydrogens is 290 g/mol. The van der Waals surface area contributed by atoms with E-state index in [9.17, 15) is 9.59 Å². The fourth-order valence-electron chi connectivity index (χ4n) is 3.24. The summed E-state index contributed by atoms with van der Waals surface area (Å²) in [5.74, 6) is 0.375. The molecule has 2 N–H and O–H groups in total. The van der Waals surface area contributed by atoms with E-state index in [-0.39, 0.29) is 23.6 Å². The highest BCUT2D eigenvalue weighted by Crippen LogP contribution is 2.30. The molecule has 1 aliphatic rings. The Morgan fingerprint density at radius 3 is 2.30 bits per heavy atom. The van der Waals surface area contributed by atoms with Crippen molar-refractivity contribution < 1.29 is 14.3 Å². The van der Waals surface area contributed by atoms with E-state index in [2.05, 4.69) is 0 Å². The molecule has 0 aliphatic heterocycles. The van der Waals surface area contributed by atoms with Gasteiger partial charge in [0.1, 0.15) is 0 Å². The zero-order chi connectivity index (χ0) is 16.8. The molecule has 0 heterocycles. The number of hydrogen-bond acceptors (Lipinski definition) is 4. The van der Waals surface area contributed by atoms with E-state index in [0.29, 0.717) is 12.5 Å². The van der Waals surface area contributed by atoms with Gasteiger partial charge in [-0.1, -0.05) is 24.3 Å². The Balaban J connectivity index is 1.99. The summed E-state index contributed by atoms with van der Waals surface area (Å²) in [4.78, 5) is 24.4. The molecule has 1 aromatic rings. The Kier molecular flexibility index (Phi) is 6.34. The summed E-state index contributed by atoms with van der Waals surface area (Å²) in [7, 11) is 0. The van der Waals surface area contributed by atoms with E-state index in [1.165, 1.54) is 0 Å². The first-order valence-corrected chi connectivity index (χ1v) is 8.57. The smallest absolute Gasteiger partial charge is 0.313 e. The molecule has 1 aliphatic carbocycles. The Hall–Kier alpha value is -1.68. The van der Waals surface area contributed by atoms with Crippen molar-refractivity contribution in [3.63, 3.8) is 0 Å². The van der Waals surface area contributed by atoms with Gasteiger partial charge in [-0.25, -0.2) is 0 Å². The number of benzene rings is 1. The normalized spacial score (nSPS) is 22.4. The number of esters is 1. The van der Waals surface area contributed by atoms with Crippen LogP contribution in [0.25, 0.3) is 0 Å². The first-order chi connectivity index (χ1) is 11.1. The second kappa shape index (κ2) is 8.25. The predicted molar refractivity (Wildman–Crippen MR) is 90.3 cm³/mol. The van der Waals surface area contributed by atoms with Gasteiger partial charge in [-0.15, -0.1) is 0 Å². The SMILES string of the molecule is CCOC(=O)C(C)c1ccc(C(=O)C2CCC(CN)CC2)cc1. The van der Waals surface area contributed by atoms with E-state index in [4.69, 9.17) is 10.5 Å². The number of ketones is 1. The lowest BCUT2D eigenvalue weighted by Crippen LogP contribution is -2.25. The van der Waals surface area contributed by atoms with Crippen LogP contribution in [-0.4, -0.2) is 24.9 Å². The Morgan fingerprint density at radius 2 is 1.78 bits per heavy atom. The molecule has 1 unspecified atom stereocenters. The fraction of sp³-hybridized carbons (Fsp3) is 0.579. The first kappa shape index (κ1) is 17.7. The van der Waals surface area contributed by atoms with Gasteiger partial charge in [0.15, 0.2) is 5.78 Å². The lowest BCUT2D eigenvalue weighted by molar-refractivity contribution is -0.144. The minimum absolute atomic E-state index is 0.117. The van der Waals surface area contributed by atoms with Crippen molar-refractivity contribution in [1.82, 2.24) is 0 Å². The van der Waals surface area contributed by atoms with Crippen molar-refractivity contribution in [3.05, 3.63) is 35.4 Å². The van der Waals surface area contributed by atoms with Crippen molar-refractivity contribution >= 4 is 11.8 Å². The lowest BCUT2D eigenvalue weighted by Gasteiger charge is -2.26. The van der Waals surface area contributed by atoms with Gasteiger partial charge < -0.3 is 10.5 Å². The van der Waals surface area contributed by atoms with Gasteiger partial charge in [-0.05, 0) is 57.6 Å². The van der Waals surface area contributed by atoms with Crippen LogP contribution in [0.4, 0.5) is 0 Å². The van der Waals surface area contributed by atoms with Gasteiger partial charge in [0.25, 0.3) is 0 Å². The van der Waals surface area contributed by atoms with E-state index in [1.54, 1.807) is 6.92 Å². The molecule has 4 heteroatoms. The molecule has 2 rings (SSSR count). The maximum Gasteiger partial charge on any atom is 0.313 e. The van der Waals surface area contributed by atoms with Crippen molar-refractivity contribution in [2.24, 2.45) is 17.6 Å². The molecule has 0 radical (unpaired) electrons. The van der Waals surface area contributed by atoms with Crippen molar-refractivity contribution in [3.8, 4) is 0 Å². The lowest BCUT2D eigenvalue weighted by atomic mass is 9.78. The number of hydrogen-bond donors (Lipinski definition) is 1. The van der Waals surface area contributed by atoms with Gasteiger partial charge in [0, 0.05) is 11.5 Å². The van der Waals surface area contributed by atoms with Crippen LogP contribution in [-0.2, 0) is 9.53 Å². The molecule has 23 heavy (non-hydrogen) atoms. The number of carbonyl (C=O) groups is 2. The van der Waals surface area contributed by atoms with Gasteiger partial charge in [-0.2, -0.15) is 0 Å². The zero-order valence-corrected chi connectivity index (χ0v) is 14.1. The summed E-state index contributed by atoms with van der Waals surface area (Å²) >= 11 is 0. The maximum absolute atomic E-state index is 12.6. The van der Waals surface area contributed by atoms with Crippen LogP contribution in [0.5, 0.6) is 0 Å². The van der Waals surface area contributed by atoms with E-state index in [0.717, 1.165) is 43.4 Å². The highest BCUT2D eigenvalue weighted by molar-refractivity contribution is 5.98. The summed E-state index contributed by atoms with van der Waals surface area (Å²) in [5.41, 5.74) is 7.32. The van der Waals surface area contributed by atoms with Crippen LogP contribution < -0.4 is 5.73 Å². The van der Waals surface area contributed by atoms with Gasteiger partial charge in [0.2, 0.25) is 0 Å². The monoisotopic (exact) mass is 317 g/mol. The molecule has 0 bridgehead atoms. The van der Waals surface area contributed by atoms with Crippen molar-refractivity contribution in [2.45, 2.75) is 45.4 Å². The Morgan fingerprint density at radius 1 is 1.17 bits per heavy atom. The summed E-state index contributed by atoms with van der Waals surface area (Å²) in [6.07, 6.45) is 3.96. The number of nitrogens with two attached hydrogens (primary N) is 1. The third-order valence-electron chi connectivity index (χ3n) is 4.89. The number of ether oxygens (including phenoxy) is 1. The highest BCUT2D eigenvalue weighted by Gasteiger charge is 2.26. The minimum Gasteiger partial charge on any atom is -0.466 e. The standard InChI is InChI=1S/C19H27NO3/c1-3-23-19(22)13(2)15-8-10-17(11-9-15)18(21)16-6-4-14(12-20)5-7-16/h8-11,13-14,16H,3-7,12,20H2,1-2H3. The molecule has 0 spiro atoms. The summed E-state index contributed by atoms with van der Waals surface area (Å²) in [6, 6.07) is 7.39. The largest absolute Gasteiger partial charge is 0.466 e. The van der Waals surface area contributed by atoms with Crippen LogP contribution in [0.1, 0.15) is 61.4 Å². The molecule has 126 valence electrons. The molecule has 1 saturated carbocycles. The maximum atomic E-state index is 12.6. The average Bonchev–Trinajstić information content (AvgIpc) is 2.61. The molecule has 1 fully saturated rings. The summed E-state index contributed by atoms with van der Waals surface area (Å²) in [5, 5.41) is 0. The molecule has 0 amide bonds. The zero-order valence-electron chi connectivity index (χ0n) is 14.1. The predicted octanol–water partition coefficient (Wildman–Crippen LogP) is 3.30. The van der Waals surface area contributed by atoms with Gasteiger partial charge in [-0.3, -0.25) is 9.59 Å². The Labute approximate surface area is 138 Å². The molecule has 4 nitrogen and oxygen atoms in total. The van der Waals surface area contributed by atoms with Crippen LogP contribution >= 0.6 is 0 Å². The van der Waals surface area contributed by atoms with Crippen molar-refractivity contribution in [2.75, 3.05) is 13.2 Å². The number of carbonyl (C=O) groups excluding carboxylic acids is 2. The highest BCUT2D eigenvalue weighted by atomic mass is 16.5. The number of Topliss-reactive ketones (excluding diaryl/α,β-unsaturated/α-hetero) is 1.